The molecule has 0 aliphatic rings. The number of hydrogen-bond donors (Lipinski definition) is 0. The van der Waals surface area contributed by atoms with E-state index in [2.05, 4.69) is 15.2 Å². The van der Waals surface area contributed by atoms with Crippen LogP contribution in [0.4, 0.5) is 8.78 Å². The van der Waals surface area contributed by atoms with Crippen LogP contribution in [0.2, 0.25) is 0 Å². The summed E-state index contributed by atoms with van der Waals surface area (Å²) in [5, 5.41) is 8.39. The van der Waals surface area contributed by atoms with Gasteiger partial charge in [0.25, 0.3) is 5.22 Å². The molecule has 0 saturated heterocycles. The zero-order chi connectivity index (χ0) is 17.9. The van der Waals surface area contributed by atoms with Crippen LogP contribution in [-0.4, -0.2) is 15.2 Å². The van der Waals surface area contributed by atoms with Crippen LogP contribution in [0.5, 0.6) is 0 Å². The molecule has 26 heavy (non-hydrogen) atoms. The Labute approximate surface area is 160 Å². The Hall–Kier alpha value is -1.97. The molecule has 0 aliphatic heterocycles. The molecule has 0 aliphatic carbocycles. The summed E-state index contributed by atoms with van der Waals surface area (Å²) in [6, 6.07) is 11.8. The second kappa shape index (κ2) is 7.73. The number of nitrogens with zero attached hydrogens (tertiary/aromatic N) is 3. The second-order valence-corrected chi connectivity index (χ2v) is 8.41. The number of aromatic nitrogens is 3. The highest BCUT2D eigenvalue weighted by atomic mass is 32.2. The highest BCUT2D eigenvalue weighted by molar-refractivity contribution is 8.00. The van der Waals surface area contributed by atoms with E-state index >= 15 is 0 Å². The number of hydrogen-bond acceptors (Lipinski definition) is 7. The van der Waals surface area contributed by atoms with E-state index in [1.807, 2.05) is 24.3 Å². The fourth-order valence-corrected chi connectivity index (χ4v) is 4.79. The van der Waals surface area contributed by atoms with Crippen LogP contribution in [0.3, 0.4) is 0 Å². The minimum Gasteiger partial charge on any atom is -0.415 e. The van der Waals surface area contributed by atoms with Crippen LogP contribution in [-0.2, 0) is 11.5 Å². The van der Waals surface area contributed by atoms with Gasteiger partial charge in [0.15, 0.2) is 16.0 Å². The topological polar surface area (TPSA) is 51.8 Å². The van der Waals surface area contributed by atoms with Gasteiger partial charge in [-0.2, -0.15) is 0 Å². The highest BCUT2D eigenvalue weighted by Crippen LogP contribution is 2.31. The van der Waals surface area contributed by atoms with Gasteiger partial charge in [0, 0.05) is 5.75 Å². The first kappa shape index (κ1) is 17.4. The van der Waals surface area contributed by atoms with Gasteiger partial charge in [0.05, 0.1) is 16.0 Å². The molecule has 0 N–H and O–H groups in total. The monoisotopic (exact) mass is 407 g/mol. The first-order chi connectivity index (χ1) is 12.7. The molecule has 0 spiro atoms. The van der Waals surface area contributed by atoms with E-state index in [0.717, 1.165) is 20.6 Å². The first-order valence-corrected chi connectivity index (χ1v) is 10.3. The zero-order valence-corrected chi connectivity index (χ0v) is 15.6. The Morgan fingerprint density at radius 2 is 1.85 bits per heavy atom. The molecule has 4 nitrogen and oxygen atoms in total. The van der Waals surface area contributed by atoms with Crippen LogP contribution in [0.25, 0.3) is 10.2 Å². The average molecular weight is 407 g/mol. The van der Waals surface area contributed by atoms with E-state index in [0.29, 0.717) is 28.2 Å². The quantitative estimate of drug-likeness (QED) is 0.391. The minimum absolute atomic E-state index is 0.398. The molecule has 0 unspecified atom stereocenters. The Bertz CT molecular complexity index is 1020. The average Bonchev–Trinajstić information content (AvgIpc) is 3.27. The van der Waals surface area contributed by atoms with Crippen molar-refractivity contribution < 1.29 is 13.2 Å². The molecule has 2 heterocycles. The molecule has 0 amide bonds. The second-order valence-electron chi connectivity index (χ2n) is 5.24. The summed E-state index contributed by atoms with van der Waals surface area (Å²) in [5.41, 5.74) is 1.63. The van der Waals surface area contributed by atoms with Gasteiger partial charge in [-0.3, -0.25) is 0 Å². The lowest BCUT2D eigenvalue weighted by molar-refractivity contribution is 0.426. The van der Waals surface area contributed by atoms with E-state index in [4.69, 9.17) is 4.42 Å². The highest BCUT2D eigenvalue weighted by Gasteiger charge is 2.11. The number of benzene rings is 2. The Balaban J connectivity index is 1.34. The van der Waals surface area contributed by atoms with Crippen LogP contribution in [0.1, 0.15) is 11.5 Å². The number of halogens is 2. The third-order valence-corrected chi connectivity index (χ3v) is 6.44. The number of fused-ring (bicyclic) bond motifs is 1. The lowest BCUT2D eigenvalue weighted by Gasteiger charge is -1.99. The van der Waals surface area contributed by atoms with Crippen LogP contribution in [0.15, 0.2) is 56.4 Å². The van der Waals surface area contributed by atoms with Crippen molar-refractivity contribution in [2.24, 2.45) is 0 Å². The maximum atomic E-state index is 13.2. The van der Waals surface area contributed by atoms with Crippen molar-refractivity contribution in [1.29, 1.82) is 0 Å². The molecule has 4 rings (SSSR count). The third kappa shape index (κ3) is 4.05. The molecule has 0 radical (unpaired) electrons. The standard InChI is InChI=1S/C17H11F2N3OS3/c18-11-6-5-10(7-12(11)19)8-24-16-22-21-15(23-16)9-25-17-20-13-3-1-2-4-14(13)26-17/h1-7H,8-9H2. The maximum Gasteiger partial charge on any atom is 0.276 e. The van der Waals surface area contributed by atoms with Crippen LogP contribution < -0.4 is 0 Å². The molecule has 2 aromatic carbocycles. The van der Waals surface area contributed by atoms with Crippen molar-refractivity contribution in [3.8, 4) is 0 Å². The minimum atomic E-state index is -0.860. The molecule has 4 aromatic rings. The normalized spacial score (nSPS) is 11.3. The molecular weight excluding hydrogens is 396 g/mol. The van der Waals surface area contributed by atoms with Gasteiger partial charge >= 0.3 is 0 Å². The number of thioether (sulfide) groups is 2. The van der Waals surface area contributed by atoms with Gasteiger partial charge in [-0.15, -0.1) is 21.5 Å². The molecule has 0 fully saturated rings. The van der Waals surface area contributed by atoms with Crippen molar-refractivity contribution in [3.63, 3.8) is 0 Å². The van der Waals surface area contributed by atoms with Gasteiger partial charge in [0.2, 0.25) is 5.89 Å². The predicted molar refractivity (Wildman–Crippen MR) is 99.4 cm³/mol. The lowest BCUT2D eigenvalue weighted by atomic mass is 10.2. The van der Waals surface area contributed by atoms with Gasteiger partial charge < -0.3 is 4.42 Å². The molecule has 2 aromatic heterocycles. The van der Waals surface area contributed by atoms with Gasteiger partial charge in [0.1, 0.15) is 0 Å². The van der Waals surface area contributed by atoms with Gasteiger partial charge in [-0.1, -0.05) is 41.7 Å². The third-order valence-electron chi connectivity index (χ3n) is 3.39. The smallest absolute Gasteiger partial charge is 0.276 e. The van der Waals surface area contributed by atoms with Crippen molar-refractivity contribution >= 4 is 45.1 Å². The van der Waals surface area contributed by atoms with E-state index < -0.39 is 11.6 Å². The summed E-state index contributed by atoms with van der Waals surface area (Å²) in [6.07, 6.45) is 0. The summed E-state index contributed by atoms with van der Waals surface area (Å²) in [5.74, 6) is -0.267. The van der Waals surface area contributed by atoms with E-state index in [1.54, 1.807) is 23.1 Å². The SMILES string of the molecule is Fc1ccc(CSc2nnc(CSc3nc4ccccc4s3)o2)cc1F. The van der Waals surface area contributed by atoms with Gasteiger partial charge in [-0.05, 0) is 29.8 Å². The Morgan fingerprint density at radius 1 is 0.962 bits per heavy atom. The summed E-state index contributed by atoms with van der Waals surface area (Å²) >= 11 is 4.45. The fraction of sp³-hybridized carbons (Fsp3) is 0.118. The summed E-state index contributed by atoms with van der Waals surface area (Å²) in [6.45, 7) is 0. The zero-order valence-electron chi connectivity index (χ0n) is 13.2. The molecule has 132 valence electrons. The molecule has 0 saturated carbocycles. The predicted octanol–water partition coefficient (Wildman–Crippen LogP) is 5.54. The molecule has 0 bridgehead atoms. The molecule has 0 atom stereocenters. The van der Waals surface area contributed by atoms with Crippen molar-refractivity contribution in [1.82, 2.24) is 15.2 Å². The van der Waals surface area contributed by atoms with Crippen molar-refractivity contribution in [3.05, 3.63) is 65.6 Å². The fourth-order valence-electron chi connectivity index (χ4n) is 2.17. The van der Waals surface area contributed by atoms with Crippen molar-refractivity contribution in [2.75, 3.05) is 0 Å². The number of thiazole rings is 1. The van der Waals surface area contributed by atoms with Gasteiger partial charge in [-0.25, -0.2) is 13.8 Å². The Kier molecular flexibility index (Phi) is 5.18. The van der Waals surface area contributed by atoms with Crippen LogP contribution >= 0.6 is 34.9 Å². The maximum absolute atomic E-state index is 13.2. The lowest BCUT2D eigenvalue weighted by Crippen LogP contribution is -1.87. The van der Waals surface area contributed by atoms with E-state index in [-0.39, 0.29) is 0 Å². The van der Waals surface area contributed by atoms with E-state index in [1.165, 1.54) is 23.9 Å². The number of para-hydroxylation sites is 1. The van der Waals surface area contributed by atoms with E-state index in [9.17, 15) is 8.78 Å². The number of rotatable bonds is 6. The largest absolute Gasteiger partial charge is 0.415 e. The molecule has 9 heteroatoms. The molecular formula is C17H11F2N3OS3. The first-order valence-electron chi connectivity index (χ1n) is 7.55. The Morgan fingerprint density at radius 3 is 2.69 bits per heavy atom. The van der Waals surface area contributed by atoms with Crippen molar-refractivity contribution in [2.45, 2.75) is 21.1 Å². The summed E-state index contributed by atoms with van der Waals surface area (Å²) in [4.78, 5) is 4.55. The summed E-state index contributed by atoms with van der Waals surface area (Å²) < 4.78 is 33.8. The van der Waals surface area contributed by atoms with Crippen LogP contribution in [0, 0.1) is 11.6 Å². The summed E-state index contributed by atoms with van der Waals surface area (Å²) in [7, 11) is 0.